The number of nitrogens with one attached hydrogen (secondary N) is 1. The van der Waals surface area contributed by atoms with Gasteiger partial charge in [-0.3, -0.25) is 9.69 Å². The molecule has 1 aromatic carbocycles. The number of benzene rings is 1. The average Bonchev–Trinajstić information content (AvgIpc) is 2.98. The number of nitrogens with zero attached hydrogens (tertiary/aromatic N) is 1. The Hall–Kier alpha value is -1.55. The third-order valence-electron chi connectivity index (χ3n) is 4.46. The molecule has 1 aromatic rings. The van der Waals surface area contributed by atoms with E-state index in [1.165, 1.54) is 12.8 Å². The zero-order valence-electron chi connectivity index (χ0n) is 13.1. The minimum Gasteiger partial charge on any atom is -0.398 e. The van der Waals surface area contributed by atoms with Crippen LogP contribution in [0.1, 0.15) is 45.1 Å². The van der Waals surface area contributed by atoms with E-state index in [1.54, 1.807) is 0 Å². The maximum absolute atomic E-state index is 12.4. The fourth-order valence-corrected chi connectivity index (χ4v) is 2.98. The number of amides is 1. The first-order chi connectivity index (χ1) is 10.1. The molecular weight excluding hydrogens is 262 g/mol. The molecule has 0 aliphatic heterocycles. The summed E-state index contributed by atoms with van der Waals surface area (Å²) < 4.78 is 0. The molecule has 1 saturated carbocycles. The van der Waals surface area contributed by atoms with Gasteiger partial charge in [-0.15, -0.1) is 0 Å². The van der Waals surface area contributed by atoms with Crippen molar-refractivity contribution in [2.45, 2.75) is 58.2 Å². The van der Waals surface area contributed by atoms with Crippen molar-refractivity contribution in [3.05, 3.63) is 29.8 Å². The van der Waals surface area contributed by atoms with E-state index in [-0.39, 0.29) is 11.9 Å². The third kappa shape index (κ3) is 4.21. The van der Waals surface area contributed by atoms with E-state index in [4.69, 9.17) is 5.73 Å². The number of carbonyl (C=O) groups excluding carboxylic acids is 1. The van der Waals surface area contributed by atoms with Gasteiger partial charge in [0, 0.05) is 18.3 Å². The normalized spacial score (nSPS) is 17.1. The maximum atomic E-state index is 12.4. The first kappa shape index (κ1) is 15.8. The lowest BCUT2D eigenvalue weighted by Gasteiger charge is -2.28. The van der Waals surface area contributed by atoms with Crippen LogP contribution in [0, 0.1) is 0 Å². The molecule has 1 fully saturated rings. The number of hydrogen-bond acceptors (Lipinski definition) is 3. The van der Waals surface area contributed by atoms with Crippen molar-refractivity contribution < 1.29 is 4.79 Å². The fourth-order valence-electron chi connectivity index (χ4n) is 2.98. The lowest BCUT2D eigenvalue weighted by atomic mass is 10.1. The van der Waals surface area contributed by atoms with Crippen molar-refractivity contribution in [1.29, 1.82) is 0 Å². The largest absolute Gasteiger partial charge is 0.398 e. The molecule has 116 valence electrons. The summed E-state index contributed by atoms with van der Waals surface area (Å²) in [6, 6.07) is 8.11. The summed E-state index contributed by atoms with van der Waals surface area (Å²) in [7, 11) is 0. The van der Waals surface area contributed by atoms with Crippen molar-refractivity contribution in [2.75, 3.05) is 12.3 Å². The topological polar surface area (TPSA) is 58.4 Å². The van der Waals surface area contributed by atoms with E-state index in [1.807, 2.05) is 31.2 Å². The molecular formula is C17H27N3O. The molecule has 0 spiro atoms. The molecule has 1 aliphatic carbocycles. The Labute approximate surface area is 127 Å². The Bertz CT molecular complexity index is 469. The lowest BCUT2D eigenvalue weighted by molar-refractivity contribution is -0.126. The first-order valence-corrected chi connectivity index (χ1v) is 7.99. The van der Waals surface area contributed by atoms with Crippen LogP contribution in [-0.4, -0.2) is 29.4 Å². The van der Waals surface area contributed by atoms with Gasteiger partial charge in [-0.25, -0.2) is 0 Å². The van der Waals surface area contributed by atoms with Crippen molar-refractivity contribution in [3.63, 3.8) is 0 Å². The van der Waals surface area contributed by atoms with E-state index in [0.29, 0.717) is 12.6 Å². The number of hydrogen-bond donors (Lipinski definition) is 2. The second-order valence-electron chi connectivity index (χ2n) is 5.93. The molecule has 0 aromatic heterocycles. The molecule has 4 nitrogen and oxygen atoms in total. The molecule has 1 amide bonds. The number of carbonyl (C=O) groups is 1. The van der Waals surface area contributed by atoms with E-state index in [0.717, 1.165) is 30.6 Å². The molecule has 0 heterocycles. The summed E-state index contributed by atoms with van der Waals surface area (Å²) in [6.07, 6.45) is 4.71. The molecule has 1 aliphatic rings. The summed E-state index contributed by atoms with van der Waals surface area (Å²) in [6.45, 7) is 5.60. The van der Waals surface area contributed by atoms with Gasteiger partial charge in [0.2, 0.25) is 5.91 Å². The number of nitrogens with two attached hydrogens (primary N) is 1. The molecule has 4 heteroatoms. The van der Waals surface area contributed by atoms with Crippen molar-refractivity contribution in [3.8, 4) is 0 Å². The molecule has 1 unspecified atom stereocenters. The van der Waals surface area contributed by atoms with Crippen LogP contribution in [0.5, 0.6) is 0 Å². The highest BCUT2D eigenvalue weighted by Crippen LogP contribution is 2.19. The van der Waals surface area contributed by atoms with Gasteiger partial charge in [-0.05, 0) is 37.9 Å². The first-order valence-electron chi connectivity index (χ1n) is 7.99. The van der Waals surface area contributed by atoms with Crippen molar-refractivity contribution >= 4 is 11.6 Å². The molecule has 0 saturated heterocycles. The Morgan fingerprint density at radius 3 is 2.67 bits per heavy atom. The van der Waals surface area contributed by atoms with Crippen molar-refractivity contribution in [2.24, 2.45) is 0 Å². The molecule has 0 radical (unpaired) electrons. The highest BCUT2D eigenvalue weighted by molar-refractivity contribution is 5.81. The van der Waals surface area contributed by atoms with Crippen LogP contribution in [-0.2, 0) is 11.3 Å². The summed E-state index contributed by atoms with van der Waals surface area (Å²) in [4.78, 5) is 14.6. The van der Waals surface area contributed by atoms with Crippen LogP contribution in [0.2, 0.25) is 0 Å². The van der Waals surface area contributed by atoms with Gasteiger partial charge in [-0.1, -0.05) is 38.0 Å². The van der Waals surface area contributed by atoms with E-state index >= 15 is 0 Å². The molecule has 3 N–H and O–H groups in total. The van der Waals surface area contributed by atoms with Crippen LogP contribution in [0.25, 0.3) is 0 Å². The number of likely N-dealkylation sites (N-methyl/N-ethyl adjacent to an activating group) is 1. The predicted octanol–water partition coefficient (Wildman–Crippen LogP) is 2.54. The Kier molecular flexibility index (Phi) is 5.62. The summed E-state index contributed by atoms with van der Waals surface area (Å²) in [5.41, 5.74) is 7.88. The minimum absolute atomic E-state index is 0.129. The third-order valence-corrected chi connectivity index (χ3v) is 4.46. The van der Waals surface area contributed by atoms with Gasteiger partial charge in [0.15, 0.2) is 0 Å². The van der Waals surface area contributed by atoms with Crippen molar-refractivity contribution in [1.82, 2.24) is 10.2 Å². The van der Waals surface area contributed by atoms with E-state index < -0.39 is 0 Å². The molecule has 2 rings (SSSR count). The highest BCUT2D eigenvalue weighted by atomic mass is 16.2. The van der Waals surface area contributed by atoms with Gasteiger partial charge < -0.3 is 11.1 Å². The summed E-state index contributed by atoms with van der Waals surface area (Å²) in [5.74, 6) is 0.137. The Morgan fingerprint density at radius 2 is 2.05 bits per heavy atom. The van der Waals surface area contributed by atoms with Gasteiger partial charge in [-0.2, -0.15) is 0 Å². The van der Waals surface area contributed by atoms with Gasteiger partial charge in [0.05, 0.1) is 6.04 Å². The SMILES string of the molecule is CCN(Cc1ccccc1N)C(C)C(=O)NC1CCCC1. The zero-order valence-corrected chi connectivity index (χ0v) is 13.1. The standard InChI is InChI=1S/C17H27N3O/c1-3-20(12-14-8-4-7-11-16(14)18)13(2)17(21)19-15-9-5-6-10-15/h4,7-8,11,13,15H,3,5-6,9-10,12,18H2,1-2H3,(H,19,21). The monoisotopic (exact) mass is 289 g/mol. The second kappa shape index (κ2) is 7.46. The maximum Gasteiger partial charge on any atom is 0.237 e. The number of anilines is 1. The number of para-hydroxylation sites is 1. The minimum atomic E-state index is -0.129. The van der Waals surface area contributed by atoms with Gasteiger partial charge in [0.1, 0.15) is 0 Å². The average molecular weight is 289 g/mol. The zero-order chi connectivity index (χ0) is 15.2. The van der Waals surface area contributed by atoms with Crippen LogP contribution in [0.3, 0.4) is 0 Å². The summed E-state index contributed by atoms with van der Waals surface area (Å²) >= 11 is 0. The fraction of sp³-hybridized carbons (Fsp3) is 0.588. The molecule has 1 atom stereocenters. The van der Waals surface area contributed by atoms with Crippen LogP contribution in [0.4, 0.5) is 5.69 Å². The molecule has 0 bridgehead atoms. The Balaban J connectivity index is 1.95. The quantitative estimate of drug-likeness (QED) is 0.791. The number of nitrogen functional groups attached to an aromatic ring is 1. The Morgan fingerprint density at radius 1 is 1.38 bits per heavy atom. The smallest absolute Gasteiger partial charge is 0.237 e. The van der Waals surface area contributed by atoms with Gasteiger partial charge >= 0.3 is 0 Å². The lowest BCUT2D eigenvalue weighted by Crippen LogP contribution is -2.47. The second-order valence-corrected chi connectivity index (χ2v) is 5.93. The number of rotatable bonds is 6. The summed E-state index contributed by atoms with van der Waals surface area (Å²) in [5, 5.41) is 3.18. The van der Waals surface area contributed by atoms with E-state index in [2.05, 4.69) is 17.1 Å². The molecule has 21 heavy (non-hydrogen) atoms. The highest BCUT2D eigenvalue weighted by Gasteiger charge is 2.24. The predicted molar refractivity (Wildman–Crippen MR) is 86.8 cm³/mol. The van der Waals surface area contributed by atoms with Crippen LogP contribution >= 0.6 is 0 Å². The van der Waals surface area contributed by atoms with Gasteiger partial charge in [0.25, 0.3) is 0 Å². The van der Waals surface area contributed by atoms with Crippen LogP contribution in [0.15, 0.2) is 24.3 Å². The van der Waals surface area contributed by atoms with E-state index in [9.17, 15) is 4.79 Å². The van der Waals surface area contributed by atoms with Crippen LogP contribution < -0.4 is 11.1 Å².